The number of benzene rings is 1. The maximum absolute atomic E-state index is 12.5. The van der Waals surface area contributed by atoms with E-state index >= 15 is 0 Å². The smallest absolute Gasteiger partial charge is 0.350 e. The van der Waals surface area contributed by atoms with E-state index in [1.165, 1.54) is 6.20 Å². The highest BCUT2D eigenvalue weighted by atomic mass is 16.5. The molecule has 1 aromatic rings. The van der Waals surface area contributed by atoms with Crippen LogP contribution in [0.1, 0.15) is 37.0 Å². The molecule has 2 rings (SSSR count). The van der Waals surface area contributed by atoms with Crippen LogP contribution in [0.4, 0.5) is 5.69 Å². The maximum atomic E-state index is 12.5. The van der Waals surface area contributed by atoms with Crippen molar-refractivity contribution in [2.75, 3.05) is 25.0 Å². The van der Waals surface area contributed by atoms with Crippen LogP contribution in [0.3, 0.4) is 0 Å². The molecule has 1 fully saturated rings. The van der Waals surface area contributed by atoms with Crippen LogP contribution in [-0.2, 0) is 9.53 Å². The van der Waals surface area contributed by atoms with Crippen LogP contribution < -0.4 is 5.32 Å². The van der Waals surface area contributed by atoms with Crippen molar-refractivity contribution < 1.29 is 14.3 Å². The molecule has 1 saturated heterocycles. The quantitative estimate of drug-likeness (QED) is 0.506. The molecule has 0 aliphatic carbocycles. The zero-order chi connectivity index (χ0) is 18.2. The summed E-state index contributed by atoms with van der Waals surface area (Å²) in [4.78, 5) is 25.9. The summed E-state index contributed by atoms with van der Waals surface area (Å²) in [6.45, 7) is 5.70. The summed E-state index contributed by atoms with van der Waals surface area (Å²) in [5.74, 6) is 0.0537. The second-order valence-corrected chi connectivity index (χ2v) is 6.09. The summed E-state index contributed by atoms with van der Waals surface area (Å²) < 4.78 is 4.79. The Morgan fingerprint density at radius 2 is 1.96 bits per heavy atom. The number of piperidine rings is 1. The third kappa shape index (κ3) is 5.08. The number of anilines is 1. The van der Waals surface area contributed by atoms with E-state index < -0.39 is 5.97 Å². The van der Waals surface area contributed by atoms with Gasteiger partial charge in [0.15, 0.2) is 5.57 Å². The largest absolute Gasteiger partial charge is 0.462 e. The van der Waals surface area contributed by atoms with Crippen molar-refractivity contribution in [1.29, 1.82) is 5.26 Å². The summed E-state index contributed by atoms with van der Waals surface area (Å²) >= 11 is 0. The molecule has 1 aromatic carbocycles. The molecule has 1 heterocycles. The predicted molar refractivity (Wildman–Crippen MR) is 94.7 cm³/mol. The number of nitrogens with one attached hydrogen (secondary N) is 1. The number of hydrogen-bond acceptors (Lipinski definition) is 5. The molecule has 1 amide bonds. The first-order chi connectivity index (χ1) is 12.0. The Morgan fingerprint density at radius 1 is 1.32 bits per heavy atom. The second-order valence-electron chi connectivity index (χ2n) is 6.09. The number of carbonyl (C=O) groups excluding carboxylic acids is 2. The van der Waals surface area contributed by atoms with Crippen LogP contribution >= 0.6 is 0 Å². The molecule has 1 N–H and O–H groups in total. The lowest BCUT2D eigenvalue weighted by Crippen LogP contribution is -2.37. The summed E-state index contributed by atoms with van der Waals surface area (Å²) in [6, 6.07) is 8.78. The van der Waals surface area contributed by atoms with E-state index in [0.717, 1.165) is 25.9 Å². The molecule has 0 atom stereocenters. The van der Waals surface area contributed by atoms with Gasteiger partial charge in [0, 0.05) is 30.5 Å². The highest BCUT2D eigenvalue weighted by Gasteiger charge is 2.21. The van der Waals surface area contributed by atoms with Crippen molar-refractivity contribution in [3.63, 3.8) is 0 Å². The molecular formula is C19H23N3O3. The van der Waals surface area contributed by atoms with Crippen molar-refractivity contribution in [3.05, 3.63) is 41.6 Å². The third-order valence-corrected chi connectivity index (χ3v) is 4.20. The van der Waals surface area contributed by atoms with Gasteiger partial charge in [-0.3, -0.25) is 4.79 Å². The van der Waals surface area contributed by atoms with Crippen molar-refractivity contribution in [3.8, 4) is 6.07 Å². The minimum absolute atomic E-state index is 0.0400. The number of likely N-dealkylation sites (tertiary alicyclic amines) is 1. The molecule has 25 heavy (non-hydrogen) atoms. The van der Waals surface area contributed by atoms with Gasteiger partial charge in [-0.25, -0.2) is 4.79 Å². The van der Waals surface area contributed by atoms with Crippen LogP contribution in [0.5, 0.6) is 0 Å². The van der Waals surface area contributed by atoms with Gasteiger partial charge in [-0.1, -0.05) is 6.92 Å². The predicted octanol–water partition coefficient (Wildman–Crippen LogP) is 2.94. The van der Waals surface area contributed by atoms with E-state index in [1.54, 1.807) is 37.3 Å². The van der Waals surface area contributed by atoms with Gasteiger partial charge in [0.05, 0.1) is 6.61 Å². The molecule has 0 saturated carbocycles. The Hall–Kier alpha value is -2.81. The monoisotopic (exact) mass is 341 g/mol. The van der Waals surface area contributed by atoms with Gasteiger partial charge in [-0.2, -0.15) is 5.26 Å². The van der Waals surface area contributed by atoms with Crippen molar-refractivity contribution >= 4 is 17.6 Å². The van der Waals surface area contributed by atoms with Gasteiger partial charge < -0.3 is 15.0 Å². The molecule has 0 radical (unpaired) electrons. The fraction of sp³-hybridized carbons (Fsp3) is 0.421. The van der Waals surface area contributed by atoms with Gasteiger partial charge in [-0.05, 0) is 49.9 Å². The lowest BCUT2D eigenvalue weighted by molar-refractivity contribution is -0.138. The first kappa shape index (κ1) is 18.5. The van der Waals surface area contributed by atoms with Crippen LogP contribution in [0.15, 0.2) is 36.0 Å². The first-order valence-electron chi connectivity index (χ1n) is 8.48. The number of amides is 1. The van der Waals surface area contributed by atoms with E-state index in [0.29, 0.717) is 17.2 Å². The molecule has 0 aromatic heterocycles. The van der Waals surface area contributed by atoms with Crippen molar-refractivity contribution in [2.24, 2.45) is 5.92 Å². The number of ether oxygens (including phenoxy) is 1. The van der Waals surface area contributed by atoms with E-state index in [1.807, 2.05) is 4.90 Å². The fourth-order valence-corrected chi connectivity index (χ4v) is 2.60. The Balaban J connectivity index is 1.98. The summed E-state index contributed by atoms with van der Waals surface area (Å²) in [6.07, 6.45) is 3.39. The first-order valence-corrected chi connectivity index (χ1v) is 8.48. The Bertz CT molecular complexity index is 681. The molecule has 0 unspecified atom stereocenters. The lowest BCUT2D eigenvalue weighted by atomic mass is 9.98. The zero-order valence-electron chi connectivity index (χ0n) is 14.6. The zero-order valence-corrected chi connectivity index (χ0v) is 14.6. The third-order valence-electron chi connectivity index (χ3n) is 4.20. The number of rotatable bonds is 5. The minimum Gasteiger partial charge on any atom is -0.462 e. The number of hydrogen-bond donors (Lipinski definition) is 1. The van der Waals surface area contributed by atoms with E-state index in [9.17, 15) is 9.59 Å². The molecule has 0 bridgehead atoms. The Labute approximate surface area is 148 Å². The summed E-state index contributed by atoms with van der Waals surface area (Å²) in [5.41, 5.74) is 1.21. The van der Waals surface area contributed by atoms with Gasteiger partial charge in [0.2, 0.25) is 0 Å². The average molecular weight is 341 g/mol. The highest BCUT2D eigenvalue weighted by Crippen LogP contribution is 2.19. The summed E-state index contributed by atoms with van der Waals surface area (Å²) in [7, 11) is 0. The molecule has 0 spiro atoms. The van der Waals surface area contributed by atoms with E-state index in [4.69, 9.17) is 10.00 Å². The second kappa shape index (κ2) is 8.88. The number of esters is 1. The molecular weight excluding hydrogens is 318 g/mol. The van der Waals surface area contributed by atoms with E-state index in [-0.39, 0.29) is 18.1 Å². The Kier molecular flexibility index (Phi) is 6.58. The molecule has 132 valence electrons. The van der Waals surface area contributed by atoms with Crippen LogP contribution in [0.25, 0.3) is 0 Å². The molecule has 1 aliphatic rings. The number of nitriles is 1. The minimum atomic E-state index is -0.663. The van der Waals surface area contributed by atoms with Crippen LogP contribution in [0, 0.1) is 17.2 Å². The normalized spacial score (nSPS) is 15.4. The van der Waals surface area contributed by atoms with E-state index in [2.05, 4.69) is 12.2 Å². The van der Waals surface area contributed by atoms with Crippen LogP contribution in [0.2, 0.25) is 0 Å². The van der Waals surface area contributed by atoms with Gasteiger partial charge in [0.1, 0.15) is 6.07 Å². The highest BCUT2D eigenvalue weighted by molar-refractivity contribution is 5.95. The van der Waals surface area contributed by atoms with Crippen LogP contribution in [-0.4, -0.2) is 36.5 Å². The summed E-state index contributed by atoms with van der Waals surface area (Å²) in [5, 5.41) is 11.8. The molecule has 1 aliphatic heterocycles. The average Bonchev–Trinajstić information content (AvgIpc) is 2.63. The fourth-order valence-electron chi connectivity index (χ4n) is 2.60. The SMILES string of the molecule is CCOC(=O)/C(C#N)=C\Nc1ccc(C(=O)N2CCC(C)CC2)cc1. The number of nitrogens with zero attached hydrogens (tertiary/aromatic N) is 2. The maximum Gasteiger partial charge on any atom is 0.350 e. The molecule has 6 nitrogen and oxygen atoms in total. The van der Waals surface area contributed by atoms with Crippen molar-refractivity contribution in [2.45, 2.75) is 26.7 Å². The molecule has 6 heteroatoms. The van der Waals surface area contributed by atoms with Crippen molar-refractivity contribution in [1.82, 2.24) is 4.90 Å². The number of carbonyl (C=O) groups is 2. The lowest BCUT2D eigenvalue weighted by Gasteiger charge is -2.30. The standard InChI is InChI=1S/C19H23N3O3/c1-3-25-19(24)16(12-20)13-21-17-6-4-15(5-7-17)18(23)22-10-8-14(2)9-11-22/h4-7,13-14,21H,3,8-11H2,1-2H3/b16-13-. The van der Waals surface area contributed by atoms with Gasteiger partial charge in [0.25, 0.3) is 5.91 Å². The Morgan fingerprint density at radius 3 is 2.52 bits per heavy atom. The van der Waals surface area contributed by atoms with Gasteiger partial charge in [-0.15, -0.1) is 0 Å². The topological polar surface area (TPSA) is 82.4 Å². The van der Waals surface area contributed by atoms with Gasteiger partial charge >= 0.3 is 5.97 Å².